The van der Waals surface area contributed by atoms with E-state index >= 15 is 0 Å². The maximum absolute atomic E-state index is 13.2. The van der Waals surface area contributed by atoms with Gasteiger partial charge in [-0.3, -0.25) is 9.59 Å². The Hall–Kier alpha value is -2.95. The standard InChI is InChI=1S/C24H26FNO3/c1-15-4-6-19(7-5-15)20-12-21(24(28)29)14-26(13-20)23(27)17(3)16(2)18-8-10-22(25)11-9-18/h4-11,16,20-21H,3,12-14H2,1-2H3,(H,28,29). The normalized spacial score (nSPS) is 20.2. The minimum absolute atomic E-state index is 0.0386. The average Bonchev–Trinajstić information content (AvgIpc) is 2.72. The first-order valence-electron chi connectivity index (χ1n) is 9.79. The van der Waals surface area contributed by atoms with Gasteiger partial charge in [0.2, 0.25) is 5.91 Å². The number of carboxylic acid groups (broad SMARTS) is 1. The van der Waals surface area contributed by atoms with Crippen LogP contribution < -0.4 is 0 Å². The lowest BCUT2D eigenvalue weighted by atomic mass is 9.83. The summed E-state index contributed by atoms with van der Waals surface area (Å²) in [5.41, 5.74) is 3.35. The molecule has 0 spiro atoms. The SMILES string of the molecule is C=C(C(=O)N1CC(C(=O)O)CC(c2ccc(C)cc2)C1)C(C)c1ccc(F)cc1. The fraction of sp³-hybridized carbons (Fsp3) is 0.333. The molecule has 4 nitrogen and oxygen atoms in total. The van der Waals surface area contributed by atoms with Crippen molar-refractivity contribution in [3.05, 3.63) is 83.2 Å². The summed E-state index contributed by atoms with van der Waals surface area (Å²) in [5, 5.41) is 9.60. The topological polar surface area (TPSA) is 57.6 Å². The van der Waals surface area contributed by atoms with E-state index in [4.69, 9.17) is 0 Å². The third kappa shape index (κ3) is 4.73. The zero-order valence-electron chi connectivity index (χ0n) is 16.8. The molecule has 1 amide bonds. The number of halogens is 1. The largest absolute Gasteiger partial charge is 0.481 e. The summed E-state index contributed by atoms with van der Waals surface area (Å²) in [5.74, 6) is -2.41. The van der Waals surface area contributed by atoms with Crippen molar-refractivity contribution in [2.24, 2.45) is 5.92 Å². The average molecular weight is 395 g/mol. The van der Waals surface area contributed by atoms with E-state index in [1.807, 2.05) is 38.1 Å². The second-order valence-electron chi connectivity index (χ2n) is 7.89. The number of rotatable bonds is 5. The second-order valence-corrected chi connectivity index (χ2v) is 7.89. The number of carbonyl (C=O) groups excluding carboxylic acids is 1. The lowest BCUT2D eigenvalue weighted by Gasteiger charge is -2.37. The lowest BCUT2D eigenvalue weighted by molar-refractivity contribution is -0.145. The third-order valence-corrected chi connectivity index (χ3v) is 5.80. The van der Waals surface area contributed by atoms with Gasteiger partial charge in [-0.05, 0) is 36.6 Å². The zero-order chi connectivity index (χ0) is 21.1. The number of aryl methyl sites for hydroxylation is 1. The van der Waals surface area contributed by atoms with Gasteiger partial charge < -0.3 is 10.0 Å². The number of amides is 1. The fourth-order valence-electron chi connectivity index (χ4n) is 3.86. The monoisotopic (exact) mass is 395 g/mol. The van der Waals surface area contributed by atoms with Gasteiger partial charge in [-0.25, -0.2) is 4.39 Å². The summed E-state index contributed by atoms with van der Waals surface area (Å²) >= 11 is 0. The van der Waals surface area contributed by atoms with Crippen LogP contribution in [0.3, 0.4) is 0 Å². The van der Waals surface area contributed by atoms with Crippen LogP contribution in [-0.2, 0) is 9.59 Å². The van der Waals surface area contributed by atoms with Gasteiger partial charge in [0.1, 0.15) is 5.82 Å². The first kappa shape index (κ1) is 20.8. The number of carboxylic acids is 1. The highest BCUT2D eigenvalue weighted by Crippen LogP contribution is 2.33. The zero-order valence-corrected chi connectivity index (χ0v) is 16.8. The minimum Gasteiger partial charge on any atom is -0.481 e. The van der Waals surface area contributed by atoms with Crippen LogP contribution in [0, 0.1) is 18.7 Å². The molecule has 3 atom stereocenters. The van der Waals surface area contributed by atoms with E-state index < -0.39 is 11.9 Å². The van der Waals surface area contributed by atoms with Gasteiger partial charge >= 0.3 is 5.97 Å². The molecule has 1 N–H and O–H groups in total. The van der Waals surface area contributed by atoms with E-state index in [0.717, 1.165) is 16.7 Å². The highest BCUT2D eigenvalue weighted by atomic mass is 19.1. The van der Waals surface area contributed by atoms with Gasteiger partial charge in [0.15, 0.2) is 0 Å². The van der Waals surface area contributed by atoms with Crippen molar-refractivity contribution in [2.45, 2.75) is 32.1 Å². The van der Waals surface area contributed by atoms with E-state index in [0.29, 0.717) is 18.5 Å². The lowest BCUT2D eigenvalue weighted by Crippen LogP contribution is -2.46. The molecule has 2 aromatic rings. The van der Waals surface area contributed by atoms with Crippen molar-refractivity contribution in [3.8, 4) is 0 Å². The molecule has 0 aromatic heterocycles. The van der Waals surface area contributed by atoms with Gasteiger partial charge in [-0.15, -0.1) is 0 Å². The molecule has 3 unspecified atom stereocenters. The Morgan fingerprint density at radius 1 is 1.10 bits per heavy atom. The molecular weight excluding hydrogens is 369 g/mol. The van der Waals surface area contributed by atoms with Gasteiger partial charge in [0, 0.05) is 30.5 Å². The van der Waals surface area contributed by atoms with Crippen molar-refractivity contribution in [3.63, 3.8) is 0 Å². The predicted molar refractivity (Wildman–Crippen MR) is 110 cm³/mol. The highest BCUT2D eigenvalue weighted by molar-refractivity contribution is 5.94. The number of nitrogens with zero attached hydrogens (tertiary/aromatic N) is 1. The summed E-state index contributed by atoms with van der Waals surface area (Å²) < 4.78 is 13.2. The van der Waals surface area contributed by atoms with Crippen molar-refractivity contribution < 1.29 is 19.1 Å². The Morgan fingerprint density at radius 3 is 2.31 bits per heavy atom. The molecule has 152 valence electrons. The quantitative estimate of drug-likeness (QED) is 0.758. The number of piperidine rings is 1. The van der Waals surface area contributed by atoms with Crippen LogP contribution in [0.1, 0.15) is 41.9 Å². The van der Waals surface area contributed by atoms with E-state index in [1.165, 1.54) is 12.1 Å². The van der Waals surface area contributed by atoms with Crippen LogP contribution >= 0.6 is 0 Å². The first-order chi connectivity index (χ1) is 13.8. The maximum Gasteiger partial charge on any atom is 0.308 e. The first-order valence-corrected chi connectivity index (χ1v) is 9.79. The molecule has 3 rings (SSSR count). The molecule has 1 heterocycles. The van der Waals surface area contributed by atoms with Gasteiger partial charge in [-0.1, -0.05) is 55.5 Å². The van der Waals surface area contributed by atoms with Crippen molar-refractivity contribution in [1.82, 2.24) is 4.90 Å². The molecule has 5 heteroatoms. The second kappa shape index (κ2) is 8.60. The maximum atomic E-state index is 13.2. The van der Waals surface area contributed by atoms with E-state index in [-0.39, 0.29) is 30.1 Å². The number of aliphatic carboxylic acids is 1. The molecular formula is C24H26FNO3. The number of likely N-dealkylation sites (tertiary alicyclic amines) is 1. The van der Waals surface area contributed by atoms with Gasteiger partial charge in [-0.2, -0.15) is 0 Å². The molecule has 1 aliphatic rings. The van der Waals surface area contributed by atoms with Crippen LogP contribution in [0.5, 0.6) is 0 Å². The summed E-state index contributed by atoms with van der Waals surface area (Å²) in [6.07, 6.45) is 0.502. The summed E-state index contributed by atoms with van der Waals surface area (Å²) in [4.78, 5) is 26.5. The number of benzene rings is 2. The molecule has 1 saturated heterocycles. The third-order valence-electron chi connectivity index (χ3n) is 5.80. The molecule has 0 bridgehead atoms. The Kier molecular flexibility index (Phi) is 6.16. The van der Waals surface area contributed by atoms with E-state index in [1.54, 1.807) is 17.0 Å². The van der Waals surface area contributed by atoms with Crippen molar-refractivity contribution >= 4 is 11.9 Å². The Labute approximate surface area is 170 Å². The molecule has 0 aliphatic carbocycles. The Balaban J connectivity index is 1.80. The smallest absolute Gasteiger partial charge is 0.308 e. The minimum atomic E-state index is -0.892. The molecule has 1 fully saturated rings. The number of carbonyl (C=O) groups is 2. The molecule has 0 saturated carbocycles. The van der Waals surface area contributed by atoms with Crippen LogP contribution in [0.2, 0.25) is 0 Å². The molecule has 0 radical (unpaired) electrons. The van der Waals surface area contributed by atoms with Crippen molar-refractivity contribution in [1.29, 1.82) is 0 Å². The Morgan fingerprint density at radius 2 is 1.72 bits per heavy atom. The fourth-order valence-corrected chi connectivity index (χ4v) is 3.86. The molecule has 1 aliphatic heterocycles. The Bertz CT molecular complexity index is 905. The molecule has 29 heavy (non-hydrogen) atoms. The number of hydrogen-bond acceptors (Lipinski definition) is 2. The van der Waals surface area contributed by atoms with Crippen LogP contribution in [-0.4, -0.2) is 35.0 Å². The van der Waals surface area contributed by atoms with E-state index in [2.05, 4.69) is 6.58 Å². The highest BCUT2D eigenvalue weighted by Gasteiger charge is 2.35. The van der Waals surface area contributed by atoms with Gasteiger partial charge in [0.25, 0.3) is 0 Å². The van der Waals surface area contributed by atoms with E-state index in [9.17, 15) is 19.1 Å². The van der Waals surface area contributed by atoms with Crippen LogP contribution in [0.4, 0.5) is 4.39 Å². The number of hydrogen-bond donors (Lipinski definition) is 1. The summed E-state index contributed by atoms with van der Waals surface area (Å²) in [6.45, 7) is 8.46. The summed E-state index contributed by atoms with van der Waals surface area (Å²) in [7, 11) is 0. The molecule has 2 aromatic carbocycles. The predicted octanol–water partition coefficient (Wildman–Crippen LogP) is 4.51. The summed E-state index contributed by atoms with van der Waals surface area (Å²) in [6, 6.07) is 14.0. The van der Waals surface area contributed by atoms with Crippen LogP contribution in [0.15, 0.2) is 60.7 Å². The van der Waals surface area contributed by atoms with Crippen molar-refractivity contribution in [2.75, 3.05) is 13.1 Å². The van der Waals surface area contributed by atoms with Gasteiger partial charge in [0.05, 0.1) is 5.92 Å². The van der Waals surface area contributed by atoms with Crippen LogP contribution in [0.25, 0.3) is 0 Å².